The van der Waals surface area contributed by atoms with E-state index < -0.39 is 0 Å². The Kier molecular flexibility index (Phi) is 4.20. The van der Waals surface area contributed by atoms with Gasteiger partial charge in [0.25, 0.3) is 0 Å². The van der Waals surface area contributed by atoms with Gasteiger partial charge < -0.3 is 9.80 Å². The summed E-state index contributed by atoms with van der Waals surface area (Å²) in [6, 6.07) is 0.832. The van der Waals surface area contributed by atoms with Crippen LogP contribution in [0.25, 0.3) is 0 Å². The zero-order chi connectivity index (χ0) is 9.84. The molecule has 0 spiro atoms. The van der Waals surface area contributed by atoms with Crippen molar-refractivity contribution in [2.24, 2.45) is 5.92 Å². The fourth-order valence-electron chi connectivity index (χ4n) is 1.72. The van der Waals surface area contributed by atoms with Gasteiger partial charge in [-0.3, -0.25) is 0 Å². The molecule has 78 valence electrons. The third kappa shape index (κ3) is 3.28. The van der Waals surface area contributed by atoms with Crippen molar-refractivity contribution in [3.8, 4) is 0 Å². The van der Waals surface area contributed by atoms with Gasteiger partial charge >= 0.3 is 0 Å². The van der Waals surface area contributed by atoms with E-state index in [2.05, 4.69) is 37.6 Å². The molecule has 0 atom stereocenters. The number of hydrogen-bond acceptors (Lipinski definition) is 2. The molecule has 0 radical (unpaired) electrons. The number of nitrogens with zero attached hydrogens (tertiary/aromatic N) is 2. The van der Waals surface area contributed by atoms with Gasteiger partial charge in [0.2, 0.25) is 0 Å². The van der Waals surface area contributed by atoms with Crippen LogP contribution in [0.1, 0.15) is 27.2 Å². The molecule has 1 heterocycles. The normalized spacial score (nSPS) is 19.8. The average Bonchev–Trinajstić information content (AvgIpc) is 1.99. The molecule has 0 aromatic rings. The van der Waals surface area contributed by atoms with Crippen LogP contribution in [0.2, 0.25) is 0 Å². The first-order valence-electron chi connectivity index (χ1n) is 5.56. The Bertz CT molecular complexity index is 139. The number of hydrogen-bond donors (Lipinski definition) is 0. The van der Waals surface area contributed by atoms with Crippen LogP contribution in [-0.2, 0) is 0 Å². The molecule has 2 nitrogen and oxygen atoms in total. The summed E-state index contributed by atoms with van der Waals surface area (Å²) in [6.45, 7) is 11.9. The van der Waals surface area contributed by atoms with Crippen LogP contribution in [0, 0.1) is 5.92 Å². The average molecular weight is 184 g/mol. The fourth-order valence-corrected chi connectivity index (χ4v) is 1.72. The molecule has 0 aromatic carbocycles. The lowest BCUT2D eigenvalue weighted by molar-refractivity contribution is 0.0514. The first-order chi connectivity index (χ1) is 6.13. The summed E-state index contributed by atoms with van der Waals surface area (Å²) in [7, 11) is 2.26. The molecule has 0 bridgehead atoms. The van der Waals surface area contributed by atoms with Crippen LogP contribution in [0.5, 0.6) is 0 Å². The molecule has 1 fully saturated rings. The summed E-state index contributed by atoms with van der Waals surface area (Å²) in [5.41, 5.74) is 0. The highest BCUT2D eigenvalue weighted by Gasteiger charge is 2.27. The van der Waals surface area contributed by atoms with E-state index >= 15 is 0 Å². The Hall–Kier alpha value is -0.0800. The zero-order valence-corrected chi connectivity index (χ0v) is 9.58. The van der Waals surface area contributed by atoms with E-state index in [1.165, 1.54) is 32.6 Å². The first kappa shape index (κ1) is 11.0. The topological polar surface area (TPSA) is 6.48 Å². The number of rotatable bonds is 5. The second kappa shape index (κ2) is 4.97. The van der Waals surface area contributed by atoms with E-state index in [1.54, 1.807) is 0 Å². The molecular formula is C11H24N2. The highest BCUT2D eigenvalue weighted by atomic mass is 15.3. The molecule has 2 heteroatoms. The predicted octanol–water partition coefficient (Wildman–Crippen LogP) is 1.67. The van der Waals surface area contributed by atoms with Gasteiger partial charge in [0.1, 0.15) is 0 Å². The van der Waals surface area contributed by atoms with Crippen molar-refractivity contribution in [1.29, 1.82) is 0 Å². The summed E-state index contributed by atoms with van der Waals surface area (Å²) < 4.78 is 0. The van der Waals surface area contributed by atoms with Gasteiger partial charge in [0.15, 0.2) is 0 Å². The van der Waals surface area contributed by atoms with Crippen molar-refractivity contribution in [3.63, 3.8) is 0 Å². The van der Waals surface area contributed by atoms with Crippen molar-refractivity contribution in [1.82, 2.24) is 9.80 Å². The summed E-state index contributed by atoms with van der Waals surface area (Å²) in [5.74, 6) is 0.838. The van der Waals surface area contributed by atoms with Crippen LogP contribution in [0.3, 0.4) is 0 Å². The fraction of sp³-hybridized carbons (Fsp3) is 1.00. The highest BCUT2D eigenvalue weighted by molar-refractivity contribution is 4.85. The lowest BCUT2D eigenvalue weighted by atomic mass is 10.1. The summed E-state index contributed by atoms with van der Waals surface area (Å²) >= 11 is 0. The Labute approximate surface area is 82.9 Å². The highest BCUT2D eigenvalue weighted by Crippen LogP contribution is 2.13. The van der Waals surface area contributed by atoms with Gasteiger partial charge in [-0.1, -0.05) is 20.8 Å². The molecule has 13 heavy (non-hydrogen) atoms. The number of likely N-dealkylation sites (tertiary alicyclic amines) is 1. The second-order valence-corrected chi connectivity index (χ2v) is 4.67. The monoisotopic (exact) mass is 184 g/mol. The van der Waals surface area contributed by atoms with E-state index in [0.717, 1.165) is 12.0 Å². The molecule has 1 rings (SSSR count). The van der Waals surface area contributed by atoms with Gasteiger partial charge in [0.05, 0.1) is 0 Å². The van der Waals surface area contributed by atoms with Crippen LogP contribution >= 0.6 is 0 Å². The van der Waals surface area contributed by atoms with Crippen LogP contribution in [0.15, 0.2) is 0 Å². The van der Waals surface area contributed by atoms with E-state index in [9.17, 15) is 0 Å². The minimum Gasteiger partial charge on any atom is -0.301 e. The second-order valence-electron chi connectivity index (χ2n) is 4.67. The lowest BCUT2D eigenvalue weighted by Crippen LogP contribution is -2.58. The molecular weight excluding hydrogens is 160 g/mol. The van der Waals surface area contributed by atoms with Crippen molar-refractivity contribution >= 4 is 0 Å². The standard InChI is InChI=1S/C11H24N2/c1-5-13-8-11(9-13)12(4)7-6-10(2)3/h10-11H,5-9H2,1-4H3. The minimum atomic E-state index is 0.832. The van der Waals surface area contributed by atoms with Crippen molar-refractivity contribution < 1.29 is 0 Å². The molecule has 1 aliphatic heterocycles. The van der Waals surface area contributed by atoms with Gasteiger partial charge in [-0.25, -0.2) is 0 Å². The lowest BCUT2D eigenvalue weighted by Gasteiger charge is -2.43. The maximum Gasteiger partial charge on any atom is 0.0347 e. The predicted molar refractivity (Wildman–Crippen MR) is 58.0 cm³/mol. The Morgan fingerprint density at radius 1 is 1.38 bits per heavy atom. The van der Waals surface area contributed by atoms with E-state index in [0.29, 0.717) is 0 Å². The van der Waals surface area contributed by atoms with Crippen molar-refractivity contribution in [2.75, 3.05) is 33.2 Å². The smallest absolute Gasteiger partial charge is 0.0347 e. The summed E-state index contributed by atoms with van der Waals surface area (Å²) in [5, 5.41) is 0. The SMILES string of the molecule is CCN1CC(N(C)CCC(C)C)C1. The number of likely N-dealkylation sites (N-methyl/N-ethyl adjacent to an activating group) is 2. The van der Waals surface area contributed by atoms with Crippen LogP contribution in [-0.4, -0.2) is 49.1 Å². The first-order valence-corrected chi connectivity index (χ1v) is 5.56. The maximum atomic E-state index is 2.52. The zero-order valence-electron chi connectivity index (χ0n) is 9.58. The minimum absolute atomic E-state index is 0.832. The van der Waals surface area contributed by atoms with Gasteiger partial charge in [-0.15, -0.1) is 0 Å². The van der Waals surface area contributed by atoms with Crippen molar-refractivity contribution in [2.45, 2.75) is 33.2 Å². The third-order valence-electron chi connectivity index (χ3n) is 3.07. The molecule has 0 N–H and O–H groups in total. The molecule has 1 aliphatic rings. The van der Waals surface area contributed by atoms with Crippen molar-refractivity contribution in [3.05, 3.63) is 0 Å². The van der Waals surface area contributed by atoms with Crippen LogP contribution < -0.4 is 0 Å². The van der Waals surface area contributed by atoms with E-state index in [-0.39, 0.29) is 0 Å². The maximum absolute atomic E-state index is 2.52. The largest absolute Gasteiger partial charge is 0.301 e. The third-order valence-corrected chi connectivity index (χ3v) is 3.07. The quantitative estimate of drug-likeness (QED) is 0.641. The van der Waals surface area contributed by atoms with E-state index in [1.807, 2.05) is 0 Å². The molecule has 0 amide bonds. The molecule has 0 unspecified atom stereocenters. The summed E-state index contributed by atoms with van der Waals surface area (Å²) in [4.78, 5) is 5.02. The molecule has 0 aliphatic carbocycles. The molecule has 0 aromatic heterocycles. The Morgan fingerprint density at radius 2 is 2.00 bits per heavy atom. The van der Waals surface area contributed by atoms with E-state index in [4.69, 9.17) is 0 Å². The molecule has 0 saturated carbocycles. The Balaban J connectivity index is 2.08. The summed E-state index contributed by atoms with van der Waals surface area (Å²) in [6.07, 6.45) is 1.33. The van der Waals surface area contributed by atoms with Gasteiger partial charge in [-0.05, 0) is 32.5 Å². The Morgan fingerprint density at radius 3 is 2.46 bits per heavy atom. The molecule has 1 saturated heterocycles. The van der Waals surface area contributed by atoms with Crippen LogP contribution in [0.4, 0.5) is 0 Å². The van der Waals surface area contributed by atoms with Gasteiger partial charge in [-0.2, -0.15) is 0 Å². The van der Waals surface area contributed by atoms with Gasteiger partial charge in [0, 0.05) is 19.1 Å².